The monoisotopic (exact) mass is 309 g/mol. The van der Waals surface area contributed by atoms with Crippen LogP contribution in [0.5, 0.6) is 0 Å². The predicted octanol–water partition coefficient (Wildman–Crippen LogP) is 1.29. The summed E-state index contributed by atoms with van der Waals surface area (Å²) in [5, 5.41) is 3.17. The third-order valence-electron chi connectivity index (χ3n) is 5.55. The summed E-state index contributed by atoms with van der Waals surface area (Å²) < 4.78 is 5.69. The molecule has 3 N–H and O–H groups in total. The fraction of sp³-hybridized carbons (Fsp3) is 0.824. The van der Waals surface area contributed by atoms with Crippen LogP contribution in [0.3, 0.4) is 0 Å². The van der Waals surface area contributed by atoms with E-state index < -0.39 is 5.54 Å². The van der Waals surface area contributed by atoms with Crippen LogP contribution in [-0.4, -0.2) is 54.7 Å². The van der Waals surface area contributed by atoms with Gasteiger partial charge < -0.3 is 15.8 Å². The maximum Gasteiger partial charge on any atom is 0.241 e. The number of nitrogens with one attached hydrogen (secondary N) is 1. The SMILES string of the molecule is C=CCN1CCC(NC(=O)C2(N)CC(OCC)C2(C)C)CC1. The Bertz CT molecular complexity index is 416. The minimum absolute atomic E-state index is 0.0179. The third kappa shape index (κ3) is 3.07. The number of likely N-dealkylation sites (tertiary alicyclic amines) is 1. The number of nitrogens with two attached hydrogens (primary N) is 1. The fourth-order valence-electron chi connectivity index (χ4n) is 3.58. The molecule has 126 valence electrons. The first-order valence-corrected chi connectivity index (χ1v) is 8.40. The summed E-state index contributed by atoms with van der Waals surface area (Å²) >= 11 is 0. The van der Waals surface area contributed by atoms with Crippen LogP contribution in [0.25, 0.3) is 0 Å². The van der Waals surface area contributed by atoms with Gasteiger partial charge in [0.05, 0.1) is 6.10 Å². The van der Waals surface area contributed by atoms with Gasteiger partial charge in [0.25, 0.3) is 0 Å². The lowest BCUT2D eigenvalue weighted by Crippen LogP contribution is -2.76. The highest BCUT2D eigenvalue weighted by atomic mass is 16.5. The average Bonchev–Trinajstić information content (AvgIpc) is 2.49. The number of piperidine rings is 1. The maximum atomic E-state index is 12.7. The Labute approximate surface area is 134 Å². The molecule has 1 aliphatic carbocycles. The van der Waals surface area contributed by atoms with Gasteiger partial charge in [-0.2, -0.15) is 0 Å². The summed E-state index contributed by atoms with van der Waals surface area (Å²) in [6, 6.07) is 0.232. The van der Waals surface area contributed by atoms with Crippen LogP contribution in [0, 0.1) is 5.41 Å². The molecule has 2 fully saturated rings. The minimum atomic E-state index is -0.814. The van der Waals surface area contributed by atoms with Crippen LogP contribution >= 0.6 is 0 Å². The Morgan fingerprint density at radius 1 is 1.45 bits per heavy atom. The van der Waals surface area contributed by atoms with Crippen LogP contribution in [0.4, 0.5) is 0 Å². The molecule has 2 aliphatic rings. The van der Waals surface area contributed by atoms with Crippen molar-refractivity contribution in [2.75, 3.05) is 26.2 Å². The summed E-state index contributed by atoms with van der Waals surface area (Å²) in [5.74, 6) is -0.0179. The summed E-state index contributed by atoms with van der Waals surface area (Å²) in [5.41, 5.74) is 5.28. The smallest absolute Gasteiger partial charge is 0.241 e. The molecule has 5 nitrogen and oxygen atoms in total. The molecule has 0 aromatic carbocycles. The Balaban J connectivity index is 1.87. The first-order chi connectivity index (χ1) is 10.3. The zero-order chi connectivity index (χ0) is 16.4. The minimum Gasteiger partial charge on any atom is -0.378 e. The lowest BCUT2D eigenvalue weighted by molar-refractivity contribution is -0.171. The van der Waals surface area contributed by atoms with Gasteiger partial charge in [0.15, 0.2) is 0 Å². The van der Waals surface area contributed by atoms with E-state index in [9.17, 15) is 4.79 Å². The third-order valence-corrected chi connectivity index (χ3v) is 5.55. The molecule has 1 aliphatic heterocycles. The fourth-order valence-corrected chi connectivity index (χ4v) is 3.58. The molecule has 2 unspecified atom stereocenters. The van der Waals surface area contributed by atoms with Gasteiger partial charge in [0.2, 0.25) is 5.91 Å². The maximum absolute atomic E-state index is 12.7. The second kappa shape index (κ2) is 6.69. The molecule has 0 spiro atoms. The summed E-state index contributed by atoms with van der Waals surface area (Å²) in [4.78, 5) is 15.0. The van der Waals surface area contributed by atoms with Crippen molar-refractivity contribution in [2.45, 2.75) is 57.7 Å². The van der Waals surface area contributed by atoms with Crippen LogP contribution in [0.15, 0.2) is 12.7 Å². The second-order valence-corrected chi connectivity index (χ2v) is 7.18. The van der Waals surface area contributed by atoms with Crippen LogP contribution in [0.1, 0.15) is 40.0 Å². The van der Waals surface area contributed by atoms with E-state index in [1.807, 2.05) is 26.8 Å². The summed E-state index contributed by atoms with van der Waals surface area (Å²) in [7, 11) is 0. The molecular formula is C17H31N3O2. The summed E-state index contributed by atoms with van der Waals surface area (Å²) in [6.07, 6.45) is 4.56. The lowest BCUT2D eigenvalue weighted by Gasteiger charge is -2.57. The molecule has 22 heavy (non-hydrogen) atoms. The van der Waals surface area contributed by atoms with Gasteiger partial charge in [0.1, 0.15) is 5.54 Å². The highest BCUT2D eigenvalue weighted by Gasteiger charge is 2.63. The number of ether oxygens (including phenoxy) is 1. The number of carbonyl (C=O) groups is 1. The number of hydrogen-bond acceptors (Lipinski definition) is 4. The van der Waals surface area contributed by atoms with E-state index in [0.717, 1.165) is 32.5 Å². The molecule has 0 aromatic rings. The van der Waals surface area contributed by atoms with Gasteiger partial charge in [-0.15, -0.1) is 6.58 Å². The normalized spacial score (nSPS) is 32.3. The molecule has 2 atom stereocenters. The molecule has 5 heteroatoms. The van der Waals surface area contributed by atoms with E-state index in [1.54, 1.807) is 0 Å². The predicted molar refractivity (Wildman–Crippen MR) is 88.5 cm³/mol. The van der Waals surface area contributed by atoms with Crippen molar-refractivity contribution in [1.82, 2.24) is 10.2 Å². The van der Waals surface area contributed by atoms with E-state index in [2.05, 4.69) is 16.8 Å². The quantitative estimate of drug-likeness (QED) is 0.726. The molecular weight excluding hydrogens is 278 g/mol. The zero-order valence-electron chi connectivity index (χ0n) is 14.2. The van der Waals surface area contributed by atoms with E-state index >= 15 is 0 Å². The van der Waals surface area contributed by atoms with Crippen LogP contribution < -0.4 is 11.1 Å². The Morgan fingerprint density at radius 2 is 2.09 bits per heavy atom. The molecule has 0 aromatic heterocycles. The van der Waals surface area contributed by atoms with Crippen molar-refractivity contribution in [3.05, 3.63) is 12.7 Å². The van der Waals surface area contributed by atoms with Gasteiger partial charge in [-0.05, 0) is 19.8 Å². The molecule has 0 radical (unpaired) electrons. The summed E-state index contributed by atoms with van der Waals surface area (Å²) in [6.45, 7) is 13.4. The van der Waals surface area contributed by atoms with E-state index in [-0.39, 0.29) is 23.5 Å². The van der Waals surface area contributed by atoms with Crippen molar-refractivity contribution in [3.63, 3.8) is 0 Å². The number of rotatable bonds is 6. The van der Waals surface area contributed by atoms with Crippen LogP contribution in [0.2, 0.25) is 0 Å². The van der Waals surface area contributed by atoms with Gasteiger partial charge in [-0.1, -0.05) is 19.9 Å². The molecule has 1 saturated heterocycles. The number of hydrogen-bond donors (Lipinski definition) is 2. The standard InChI is InChI=1S/C17H31N3O2/c1-5-9-20-10-7-13(8-11-20)19-15(21)17(18)12-14(22-6-2)16(17,3)4/h5,13-14H,1,6-12,18H2,2-4H3,(H,19,21). The van der Waals surface area contributed by atoms with E-state index in [1.165, 1.54) is 0 Å². The van der Waals surface area contributed by atoms with Crippen molar-refractivity contribution in [2.24, 2.45) is 11.1 Å². The first-order valence-electron chi connectivity index (χ1n) is 8.40. The molecule has 2 rings (SSSR count). The average molecular weight is 309 g/mol. The second-order valence-electron chi connectivity index (χ2n) is 7.18. The Morgan fingerprint density at radius 3 is 2.59 bits per heavy atom. The number of amides is 1. The van der Waals surface area contributed by atoms with E-state index in [4.69, 9.17) is 10.5 Å². The number of carbonyl (C=O) groups excluding carboxylic acids is 1. The van der Waals surface area contributed by atoms with Gasteiger partial charge in [0, 0.05) is 44.1 Å². The Kier molecular flexibility index (Phi) is 5.30. The van der Waals surface area contributed by atoms with Crippen molar-refractivity contribution in [3.8, 4) is 0 Å². The van der Waals surface area contributed by atoms with Gasteiger partial charge >= 0.3 is 0 Å². The highest BCUT2D eigenvalue weighted by Crippen LogP contribution is 2.49. The van der Waals surface area contributed by atoms with Crippen molar-refractivity contribution < 1.29 is 9.53 Å². The van der Waals surface area contributed by atoms with Crippen LogP contribution in [-0.2, 0) is 9.53 Å². The zero-order valence-corrected chi connectivity index (χ0v) is 14.2. The largest absolute Gasteiger partial charge is 0.378 e. The highest BCUT2D eigenvalue weighted by molar-refractivity contribution is 5.89. The molecule has 0 bridgehead atoms. The number of nitrogens with zero attached hydrogens (tertiary/aromatic N) is 1. The molecule has 1 amide bonds. The molecule has 1 heterocycles. The molecule has 1 saturated carbocycles. The van der Waals surface area contributed by atoms with Crippen molar-refractivity contribution >= 4 is 5.91 Å². The Hall–Kier alpha value is -0.910. The first kappa shape index (κ1) is 17.4. The lowest BCUT2D eigenvalue weighted by atomic mass is 9.54. The topological polar surface area (TPSA) is 67.6 Å². The van der Waals surface area contributed by atoms with E-state index in [0.29, 0.717) is 13.0 Å². The van der Waals surface area contributed by atoms with Gasteiger partial charge in [-0.3, -0.25) is 9.69 Å². The van der Waals surface area contributed by atoms with Crippen molar-refractivity contribution in [1.29, 1.82) is 0 Å². The van der Waals surface area contributed by atoms with Gasteiger partial charge in [-0.25, -0.2) is 0 Å².